The van der Waals surface area contributed by atoms with E-state index in [-0.39, 0.29) is 5.91 Å². The molecule has 0 aliphatic carbocycles. The molecule has 1 aliphatic heterocycles. The van der Waals surface area contributed by atoms with Crippen molar-refractivity contribution < 1.29 is 4.79 Å². The molecule has 1 saturated heterocycles. The first-order valence-electron chi connectivity index (χ1n) is 4.86. The molecule has 1 fully saturated rings. The van der Waals surface area contributed by atoms with Crippen molar-refractivity contribution >= 4 is 5.91 Å². The molecular formula is C10H18N2O. The number of hydrogen-bond acceptors (Lipinski definition) is 2. The molecule has 0 bridgehead atoms. The Balaban J connectivity index is 2.39. The van der Waals surface area contributed by atoms with Gasteiger partial charge in [-0.25, -0.2) is 0 Å². The second-order valence-corrected chi connectivity index (χ2v) is 3.47. The summed E-state index contributed by atoms with van der Waals surface area (Å²) in [6, 6.07) is 0.339. The van der Waals surface area contributed by atoms with Crippen molar-refractivity contribution in [3.63, 3.8) is 0 Å². The molecule has 0 radical (unpaired) electrons. The second kappa shape index (κ2) is 5.02. The molecule has 0 spiro atoms. The van der Waals surface area contributed by atoms with Crippen LogP contribution < -0.4 is 5.32 Å². The molecular weight excluding hydrogens is 164 g/mol. The fourth-order valence-electron chi connectivity index (χ4n) is 1.58. The van der Waals surface area contributed by atoms with Gasteiger partial charge in [-0.1, -0.05) is 6.08 Å². The van der Waals surface area contributed by atoms with Gasteiger partial charge in [0.15, 0.2) is 0 Å². The van der Waals surface area contributed by atoms with Gasteiger partial charge in [-0.3, -0.25) is 4.79 Å². The van der Waals surface area contributed by atoms with Crippen LogP contribution in [0.2, 0.25) is 0 Å². The fraction of sp³-hybridized carbons (Fsp3) is 0.700. The number of piperazine rings is 1. The Labute approximate surface area is 79.8 Å². The number of carbonyl (C=O) groups is 1. The molecule has 3 heteroatoms. The van der Waals surface area contributed by atoms with Gasteiger partial charge in [-0.15, -0.1) is 6.58 Å². The standard InChI is InChI=1S/C10H18N2O/c1-3-4-5-10(13)12-7-6-11-8-9(12)2/h3,9,11H,1,4-8H2,2H3/t9-/m1/s1. The number of hydrogen-bond donors (Lipinski definition) is 1. The summed E-state index contributed by atoms with van der Waals surface area (Å²) in [6.45, 7) is 8.38. The average Bonchev–Trinajstić information content (AvgIpc) is 2.15. The third kappa shape index (κ3) is 2.84. The van der Waals surface area contributed by atoms with Crippen LogP contribution in [0.1, 0.15) is 19.8 Å². The molecule has 1 heterocycles. The Kier molecular flexibility index (Phi) is 3.96. The zero-order chi connectivity index (χ0) is 9.68. The highest BCUT2D eigenvalue weighted by Gasteiger charge is 2.21. The molecule has 1 aliphatic rings. The smallest absolute Gasteiger partial charge is 0.223 e. The Morgan fingerprint density at radius 1 is 1.77 bits per heavy atom. The summed E-state index contributed by atoms with van der Waals surface area (Å²) < 4.78 is 0. The zero-order valence-electron chi connectivity index (χ0n) is 8.25. The van der Waals surface area contributed by atoms with E-state index >= 15 is 0 Å². The summed E-state index contributed by atoms with van der Waals surface area (Å²) in [6.07, 6.45) is 3.19. The number of amides is 1. The quantitative estimate of drug-likeness (QED) is 0.654. The van der Waals surface area contributed by atoms with Crippen LogP contribution in [0.4, 0.5) is 0 Å². The van der Waals surface area contributed by atoms with Gasteiger partial charge < -0.3 is 10.2 Å². The number of nitrogens with one attached hydrogen (secondary N) is 1. The topological polar surface area (TPSA) is 32.3 Å². The average molecular weight is 182 g/mol. The Hall–Kier alpha value is -0.830. The van der Waals surface area contributed by atoms with E-state index in [9.17, 15) is 4.79 Å². The van der Waals surface area contributed by atoms with Crippen LogP contribution in [0.3, 0.4) is 0 Å². The maximum absolute atomic E-state index is 11.6. The van der Waals surface area contributed by atoms with E-state index in [1.54, 1.807) is 6.08 Å². The van der Waals surface area contributed by atoms with Crippen molar-refractivity contribution in [3.05, 3.63) is 12.7 Å². The minimum Gasteiger partial charge on any atom is -0.337 e. The molecule has 0 aromatic carbocycles. The van der Waals surface area contributed by atoms with Crippen LogP contribution in [-0.4, -0.2) is 36.5 Å². The van der Waals surface area contributed by atoms with Gasteiger partial charge in [-0.2, -0.15) is 0 Å². The number of carbonyl (C=O) groups excluding carboxylic acids is 1. The number of nitrogens with zero attached hydrogens (tertiary/aromatic N) is 1. The van der Waals surface area contributed by atoms with E-state index in [2.05, 4.69) is 18.8 Å². The molecule has 13 heavy (non-hydrogen) atoms. The fourth-order valence-corrected chi connectivity index (χ4v) is 1.58. The lowest BCUT2D eigenvalue weighted by atomic mass is 10.2. The Morgan fingerprint density at radius 2 is 2.54 bits per heavy atom. The van der Waals surface area contributed by atoms with E-state index in [1.165, 1.54) is 0 Å². The Morgan fingerprint density at radius 3 is 3.15 bits per heavy atom. The lowest BCUT2D eigenvalue weighted by Crippen LogP contribution is -2.52. The van der Waals surface area contributed by atoms with Crippen LogP contribution in [0.25, 0.3) is 0 Å². The number of allylic oxidation sites excluding steroid dienone is 1. The molecule has 0 aromatic heterocycles. The summed E-state index contributed by atoms with van der Waals surface area (Å²) in [5, 5.41) is 3.26. The van der Waals surface area contributed by atoms with Crippen molar-refractivity contribution in [2.75, 3.05) is 19.6 Å². The predicted octanol–water partition coefficient (Wildman–Crippen LogP) is 0.773. The third-order valence-corrected chi connectivity index (χ3v) is 2.38. The highest BCUT2D eigenvalue weighted by Crippen LogP contribution is 2.06. The summed E-state index contributed by atoms with van der Waals surface area (Å²) >= 11 is 0. The van der Waals surface area contributed by atoms with E-state index in [1.807, 2.05) is 4.90 Å². The van der Waals surface area contributed by atoms with Crippen molar-refractivity contribution in [1.82, 2.24) is 10.2 Å². The van der Waals surface area contributed by atoms with Gasteiger partial charge in [0.1, 0.15) is 0 Å². The van der Waals surface area contributed by atoms with Crippen molar-refractivity contribution in [1.29, 1.82) is 0 Å². The van der Waals surface area contributed by atoms with Gasteiger partial charge >= 0.3 is 0 Å². The highest BCUT2D eigenvalue weighted by atomic mass is 16.2. The van der Waals surface area contributed by atoms with Gasteiger partial charge in [0, 0.05) is 32.1 Å². The van der Waals surface area contributed by atoms with Crippen LogP contribution in [-0.2, 0) is 4.79 Å². The van der Waals surface area contributed by atoms with Crippen molar-refractivity contribution in [3.8, 4) is 0 Å². The first-order chi connectivity index (χ1) is 6.25. The number of rotatable bonds is 3. The summed E-state index contributed by atoms with van der Waals surface area (Å²) in [4.78, 5) is 13.6. The third-order valence-electron chi connectivity index (χ3n) is 2.38. The van der Waals surface area contributed by atoms with Gasteiger partial charge in [0.25, 0.3) is 0 Å². The van der Waals surface area contributed by atoms with E-state index in [0.717, 1.165) is 26.1 Å². The predicted molar refractivity (Wildman–Crippen MR) is 53.5 cm³/mol. The minimum atomic E-state index is 0.258. The molecule has 1 atom stereocenters. The minimum absolute atomic E-state index is 0.258. The maximum Gasteiger partial charge on any atom is 0.223 e. The van der Waals surface area contributed by atoms with Gasteiger partial charge in [0.05, 0.1) is 0 Å². The van der Waals surface area contributed by atoms with Gasteiger partial charge in [0.2, 0.25) is 5.91 Å². The van der Waals surface area contributed by atoms with Gasteiger partial charge in [-0.05, 0) is 13.3 Å². The molecule has 1 amide bonds. The molecule has 0 saturated carbocycles. The summed E-state index contributed by atoms with van der Waals surface area (Å²) in [7, 11) is 0. The SMILES string of the molecule is C=CCCC(=O)N1CCNC[C@H]1C. The highest BCUT2D eigenvalue weighted by molar-refractivity contribution is 5.76. The molecule has 0 aromatic rings. The second-order valence-electron chi connectivity index (χ2n) is 3.47. The zero-order valence-corrected chi connectivity index (χ0v) is 8.25. The summed E-state index contributed by atoms with van der Waals surface area (Å²) in [5.74, 6) is 0.258. The monoisotopic (exact) mass is 182 g/mol. The largest absolute Gasteiger partial charge is 0.337 e. The van der Waals surface area contributed by atoms with E-state index in [0.29, 0.717) is 12.5 Å². The molecule has 0 unspecified atom stereocenters. The molecule has 1 rings (SSSR count). The van der Waals surface area contributed by atoms with Crippen LogP contribution in [0, 0.1) is 0 Å². The van der Waals surface area contributed by atoms with Crippen molar-refractivity contribution in [2.45, 2.75) is 25.8 Å². The molecule has 1 N–H and O–H groups in total. The first-order valence-corrected chi connectivity index (χ1v) is 4.86. The molecule has 74 valence electrons. The van der Waals surface area contributed by atoms with Crippen molar-refractivity contribution in [2.24, 2.45) is 0 Å². The Bertz CT molecular complexity index is 191. The van der Waals surface area contributed by atoms with Crippen LogP contribution in [0.15, 0.2) is 12.7 Å². The first kappa shape index (κ1) is 10.3. The van der Waals surface area contributed by atoms with Crippen LogP contribution in [0.5, 0.6) is 0 Å². The summed E-state index contributed by atoms with van der Waals surface area (Å²) in [5.41, 5.74) is 0. The van der Waals surface area contributed by atoms with E-state index < -0.39 is 0 Å². The maximum atomic E-state index is 11.6. The lowest BCUT2D eigenvalue weighted by Gasteiger charge is -2.34. The van der Waals surface area contributed by atoms with E-state index in [4.69, 9.17) is 0 Å². The van der Waals surface area contributed by atoms with Crippen LogP contribution >= 0.6 is 0 Å². The lowest BCUT2D eigenvalue weighted by molar-refractivity contribution is -0.133. The molecule has 3 nitrogen and oxygen atoms in total. The normalized spacial score (nSPS) is 22.8.